The van der Waals surface area contributed by atoms with Crippen LogP contribution in [0.2, 0.25) is 10.0 Å². The molecule has 0 radical (unpaired) electrons. The van der Waals surface area contributed by atoms with Gasteiger partial charge >= 0.3 is 0 Å². The van der Waals surface area contributed by atoms with Crippen LogP contribution >= 0.6 is 23.2 Å². The lowest BCUT2D eigenvalue weighted by Crippen LogP contribution is -2.27. The van der Waals surface area contributed by atoms with Crippen LogP contribution in [0.25, 0.3) is 0 Å². The fourth-order valence-corrected chi connectivity index (χ4v) is 5.18. The van der Waals surface area contributed by atoms with Crippen molar-refractivity contribution in [2.75, 3.05) is 7.11 Å². The van der Waals surface area contributed by atoms with E-state index < -0.39 is 10.0 Å². The molecule has 0 amide bonds. The monoisotopic (exact) mass is 399 g/mol. The molecule has 0 bridgehead atoms. The Morgan fingerprint density at radius 1 is 1.08 bits per heavy atom. The number of hydrogen-bond acceptors (Lipinski definition) is 3. The molecule has 7 heteroatoms. The van der Waals surface area contributed by atoms with Crippen molar-refractivity contribution in [3.63, 3.8) is 0 Å². The smallest absolute Gasteiger partial charge is 0.242 e. The zero-order valence-corrected chi connectivity index (χ0v) is 16.3. The number of benzene rings is 2. The maximum absolute atomic E-state index is 12.7. The number of aryl methyl sites for hydroxylation is 2. The Balaban J connectivity index is 1.87. The van der Waals surface area contributed by atoms with Gasteiger partial charge in [0.15, 0.2) is 0 Å². The molecule has 0 heterocycles. The molecule has 2 aromatic carbocycles. The van der Waals surface area contributed by atoms with E-state index in [9.17, 15) is 8.42 Å². The van der Waals surface area contributed by atoms with E-state index in [1.54, 1.807) is 0 Å². The second kappa shape index (κ2) is 7.16. The zero-order chi connectivity index (χ0) is 18.2. The topological polar surface area (TPSA) is 55.4 Å². The molecule has 25 heavy (non-hydrogen) atoms. The second-order valence-corrected chi connectivity index (χ2v) is 8.56. The Bertz CT molecular complexity index is 913. The van der Waals surface area contributed by atoms with Crippen LogP contribution in [0.5, 0.6) is 5.75 Å². The van der Waals surface area contributed by atoms with E-state index in [0.29, 0.717) is 5.75 Å². The number of rotatable bonds is 5. The summed E-state index contributed by atoms with van der Waals surface area (Å²) in [4.78, 5) is -0.0621. The average molecular weight is 400 g/mol. The van der Waals surface area contributed by atoms with Crippen LogP contribution in [0.15, 0.2) is 35.2 Å². The number of sulfonamides is 1. The van der Waals surface area contributed by atoms with Crippen molar-refractivity contribution in [2.24, 2.45) is 0 Å². The lowest BCUT2D eigenvalue weighted by molar-refractivity contribution is 0.414. The van der Waals surface area contributed by atoms with E-state index in [2.05, 4.69) is 16.9 Å². The lowest BCUT2D eigenvalue weighted by atomic mass is 10.0. The van der Waals surface area contributed by atoms with Crippen molar-refractivity contribution < 1.29 is 13.2 Å². The molecule has 0 aliphatic heterocycles. The zero-order valence-electron chi connectivity index (χ0n) is 14.0. The average Bonchev–Trinajstić information content (AvgIpc) is 3.04. The molecule has 3 rings (SSSR count). The molecule has 1 aliphatic carbocycles. The van der Waals surface area contributed by atoms with Crippen LogP contribution in [0, 0.1) is 0 Å². The van der Waals surface area contributed by atoms with E-state index in [1.165, 1.54) is 30.4 Å². The van der Waals surface area contributed by atoms with E-state index in [0.717, 1.165) is 24.8 Å². The summed E-state index contributed by atoms with van der Waals surface area (Å²) < 4.78 is 33.2. The van der Waals surface area contributed by atoms with Crippen molar-refractivity contribution >= 4 is 33.2 Å². The lowest BCUT2D eigenvalue weighted by Gasteiger charge is -2.17. The molecule has 1 atom stereocenters. The summed E-state index contributed by atoms with van der Waals surface area (Å²) in [6.45, 7) is 1.81. The van der Waals surface area contributed by atoms with Gasteiger partial charge in [0.25, 0.3) is 0 Å². The molecular formula is C18H19Cl2NO3S. The molecule has 1 N–H and O–H groups in total. The first-order valence-electron chi connectivity index (χ1n) is 7.99. The first kappa shape index (κ1) is 18.5. The number of ether oxygens (including phenoxy) is 1. The minimum absolute atomic E-state index is 0.0466. The summed E-state index contributed by atoms with van der Waals surface area (Å²) in [7, 11) is -2.38. The molecule has 0 fully saturated rings. The van der Waals surface area contributed by atoms with Crippen molar-refractivity contribution in [1.82, 2.24) is 4.72 Å². The molecule has 0 saturated carbocycles. The quantitative estimate of drug-likeness (QED) is 0.803. The van der Waals surface area contributed by atoms with Crippen LogP contribution in [-0.4, -0.2) is 15.5 Å². The summed E-state index contributed by atoms with van der Waals surface area (Å²) in [5, 5.41) is 0.0342. The molecule has 0 aromatic heterocycles. The van der Waals surface area contributed by atoms with Gasteiger partial charge < -0.3 is 4.74 Å². The summed E-state index contributed by atoms with van der Waals surface area (Å²) >= 11 is 12.2. The third kappa shape index (κ3) is 3.65. The summed E-state index contributed by atoms with van der Waals surface area (Å²) in [5.41, 5.74) is 3.58. The molecule has 134 valence electrons. The van der Waals surface area contributed by atoms with Crippen molar-refractivity contribution in [1.29, 1.82) is 0 Å². The van der Waals surface area contributed by atoms with E-state index in [-0.39, 0.29) is 21.0 Å². The molecular weight excluding hydrogens is 381 g/mol. The summed E-state index contributed by atoms with van der Waals surface area (Å²) in [5.74, 6) is 0.331. The van der Waals surface area contributed by atoms with Gasteiger partial charge in [0, 0.05) is 6.04 Å². The highest BCUT2D eigenvalue weighted by atomic mass is 35.5. The van der Waals surface area contributed by atoms with Gasteiger partial charge in [0.05, 0.1) is 12.1 Å². The standard InChI is InChI=1S/C18H19Cl2NO3S/c1-11(13-7-6-12-4-3-5-14(12)10-13)21-25(22,23)16-9-8-15(24-2)17(19)18(16)20/h6-11,21H,3-5H2,1-2H3/t11-/m0/s1. The van der Waals surface area contributed by atoms with Gasteiger partial charge in [-0.05, 0) is 55.0 Å². The van der Waals surface area contributed by atoms with Crippen LogP contribution in [0.3, 0.4) is 0 Å². The molecule has 1 aliphatic rings. The molecule has 0 saturated heterocycles. The normalized spacial score (nSPS) is 15.0. The third-order valence-corrected chi connectivity index (χ3v) is 7.04. The number of methoxy groups -OCH3 is 1. The number of nitrogens with one attached hydrogen (secondary N) is 1. The van der Waals surface area contributed by atoms with Gasteiger partial charge in [-0.1, -0.05) is 41.4 Å². The van der Waals surface area contributed by atoms with E-state index >= 15 is 0 Å². The Morgan fingerprint density at radius 2 is 1.80 bits per heavy atom. The predicted molar refractivity (Wildman–Crippen MR) is 100 cm³/mol. The Hall–Kier alpha value is -1.27. The van der Waals surface area contributed by atoms with Crippen molar-refractivity contribution in [3.05, 3.63) is 57.1 Å². The fourth-order valence-electron chi connectivity index (χ4n) is 3.10. The number of halogens is 2. The van der Waals surface area contributed by atoms with Crippen LogP contribution in [0.4, 0.5) is 0 Å². The maximum Gasteiger partial charge on any atom is 0.242 e. The first-order valence-corrected chi connectivity index (χ1v) is 10.2. The van der Waals surface area contributed by atoms with Gasteiger partial charge in [-0.15, -0.1) is 0 Å². The van der Waals surface area contributed by atoms with Crippen LogP contribution in [0.1, 0.15) is 36.1 Å². The summed E-state index contributed by atoms with van der Waals surface area (Å²) in [6, 6.07) is 8.64. The molecule has 2 aromatic rings. The van der Waals surface area contributed by atoms with Gasteiger partial charge in [-0.2, -0.15) is 0 Å². The van der Waals surface area contributed by atoms with Gasteiger partial charge in [0.2, 0.25) is 10.0 Å². The second-order valence-electron chi connectivity index (χ2n) is 6.12. The van der Waals surface area contributed by atoms with Gasteiger partial charge in [-0.3, -0.25) is 0 Å². The largest absolute Gasteiger partial charge is 0.495 e. The summed E-state index contributed by atoms with van der Waals surface area (Å²) in [6.07, 6.45) is 3.29. The van der Waals surface area contributed by atoms with E-state index in [4.69, 9.17) is 27.9 Å². The first-order chi connectivity index (χ1) is 11.8. The number of fused-ring (bicyclic) bond motifs is 1. The van der Waals surface area contributed by atoms with Crippen molar-refractivity contribution in [3.8, 4) is 5.75 Å². The highest BCUT2D eigenvalue weighted by Crippen LogP contribution is 2.37. The Morgan fingerprint density at radius 3 is 2.52 bits per heavy atom. The minimum Gasteiger partial charge on any atom is -0.495 e. The SMILES string of the molecule is COc1ccc(S(=O)(=O)N[C@@H](C)c2ccc3c(c2)CCC3)c(Cl)c1Cl. The molecule has 0 unspecified atom stereocenters. The highest BCUT2D eigenvalue weighted by molar-refractivity contribution is 7.89. The van der Waals surface area contributed by atoms with Gasteiger partial charge in [-0.25, -0.2) is 13.1 Å². The van der Waals surface area contributed by atoms with Gasteiger partial charge in [0.1, 0.15) is 15.7 Å². The Labute approximate surface area is 158 Å². The van der Waals surface area contributed by atoms with Crippen LogP contribution in [-0.2, 0) is 22.9 Å². The minimum atomic E-state index is -3.82. The fraction of sp³-hybridized carbons (Fsp3) is 0.333. The predicted octanol–water partition coefficient (Wildman–Crippen LogP) is 4.53. The maximum atomic E-state index is 12.7. The molecule has 0 spiro atoms. The third-order valence-electron chi connectivity index (χ3n) is 4.48. The van der Waals surface area contributed by atoms with Crippen LogP contribution < -0.4 is 9.46 Å². The Kier molecular flexibility index (Phi) is 5.30. The number of hydrogen-bond donors (Lipinski definition) is 1. The van der Waals surface area contributed by atoms with Crippen molar-refractivity contribution in [2.45, 2.75) is 37.1 Å². The molecule has 4 nitrogen and oxygen atoms in total. The van der Waals surface area contributed by atoms with E-state index in [1.807, 2.05) is 13.0 Å². The highest BCUT2D eigenvalue weighted by Gasteiger charge is 2.24.